The Morgan fingerprint density at radius 1 is 1.29 bits per heavy atom. The summed E-state index contributed by atoms with van der Waals surface area (Å²) in [5.74, 6) is -0.226. The van der Waals surface area contributed by atoms with Gasteiger partial charge in [0.2, 0.25) is 5.91 Å². The third-order valence-corrected chi connectivity index (χ3v) is 5.73. The number of aryl methyl sites for hydroxylation is 1. The summed E-state index contributed by atoms with van der Waals surface area (Å²) in [7, 11) is 0. The van der Waals surface area contributed by atoms with Crippen molar-refractivity contribution in [3.8, 4) is 0 Å². The quantitative estimate of drug-likeness (QED) is 0.718. The number of amides is 2. The van der Waals surface area contributed by atoms with Crippen LogP contribution in [-0.4, -0.2) is 44.3 Å². The van der Waals surface area contributed by atoms with Crippen molar-refractivity contribution < 1.29 is 9.59 Å². The molecule has 4 rings (SSSR count). The van der Waals surface area contributed by atoms with Crippen LogP contribution in [0, 0.1) is 6.92 Å². The van der Waals surface area contributed by atoms with E-state index in [9.17, 15) is 9.59 Å². The van der Waals surface area contributed by atoms with E-state index in [-0.39, 0.29) is 11.8 Å². The summed E-state index contributed by atoms with van der Waals surface area (Å²) < 4.78 is 1.86. The monoisotopic (exact) mass is 395 g/mol. The zero-order valence-corrected chi connectivity index (χ0v) is 16.4. The van der Waals surface area contributed by atoms with Gasteiger partial charge in [0.25, 0.3) is 5.91 Å². The molecular weight excluding hydrogens is 374 g/mol. The van der Waals surface area contributed by atoms with Gasteiger partial charge in [-0.1, -0.05) is 6.07 Å². The molecule has 4 heterocycles. The van der Waals surface area contributed by atoms with Crippen molar-refractivity contribution in [3.05, 3.63) is 70.2 Å². The van der Waals surface area contributed by atoms with Crippen LogP contribution >= 0.6 is 11.3 Å². The molecule has 0 saturated heterocycles. The highest BCUT2D eigenvalue weighted by molar-refractivity contribution is 7.09. The predicted molar refractivity (Wildman–Crippen MR) is 106 cm³/mol. The third-order valence-electron chi connectivity index (χ3n) is 4.79. The second-order valence-corrected chi connectivity index (χ2v) is 7.90. The molecule has 0 radical (unpaired) electrons. The van der Waals surface area contributed by atoms with Gasteiger partial charge in [0, 0.05) is 30.0 Å². The van der Waals surface area contributed by atoms with Gasteiger partial charge in [-0.25, -0.2) is 4.98 Å². The van der Waals surface area contributed by atoms with Crippen molar-refractivity contribution in [2.75, 3.05) is 13.1 Å². The number of hydrogen-bond acceptors (Lipinski definition) is 5. The molecule has 7 nitrogen and oxygen atoms in total. The number of nitrogens with zero attached hydrogens (tertiary/aromatic N) is 4. The van der Waals surface area contributed by atoms with E-state index in [1.807, 2.05) is 29.0 Å². The van der Waals surface area contributed by atoms with Gasteiger partial charge in [-0.3, -0.25) is 14.6 Å². The largest absolute Gasteiger partial charge is 0.354 e. The highest BCUT2D eigenvalue weighted by Gasteiger charge is 2.32. The molecule has 1 aliphatic heterocycles. The molecule has 144 valence electrons. The Balaban J connectivity index is 1.47. The smallest absolute Gasteiger partial charge is 0.255 e. The highest BCUT2D eigenvalue weighted by Crippen LogP contribution is 2.23. The lowest BCUT2D eigenvalue weighted by molar-refractivity contribution is -0.125. The molecule has 0 spiro atoms. The van der Waals surface area contributed by atoms with Crippen LogP contribution in [0.3, 0.4) is 0 Å². The molecule has 28 heavy (non-hydrogen) atoms. The molecule has 0 aromatic carbocycles. The third kappa shape index (κ3) is 3.82. The average molecular weight is 395 g/mol. The molecule has 0 unspecified atom stereocenters. The number of imidazole rings is 1. The van der Waals surface area contributed by atoms with Crippen LogP contribution in [0.15, 0.2) is 48.5 Å². The lowest BCUT2D eigenvalue weighted by atomic mass is 10.1. The van der Waals surface area contributed by atoms with Crippen molar-refractivity contribution in [1.82, 2.24) is 24.8 Å². The predicted octanol–water partition coefficient (Wildman–Crippen LogP) is 2.20. The van der Waals surface area contributed by atoms with E-state index in [0.717, 1.165) is 17.7 Å². The van der Waals surface area contributed by atoms with Crippen LogP contribution in [0.1, 0.15) is 32.5 Å². The van der Waals surface area contributed by atoms with Gasteiger partial charge >= 0.3 is 0 Å². The summed E-state index contributed by atoms with van der Waals surface area (Å²) >= 11 is 1.68. The Labute approximate surface area is 167 Å². The molecule has 1 atom stereocenters. The van der Waals surface area contributed by atoms with Crippen LogP contribution in [-0.2, 0) is 17.8 Å². The van der Waals surface area contributed by atoms with Gasteiger partial charge in [0.05, 0.1) is 30.7 Å². The van der Waals surface area contributed by atoms with Crippen molar-refractivity contribution in [3.63, 3.8) is 0 Å². The van der Waals surface area contributed by atoms with Crippen LogP contribution < -0.4 is 5.32 Å². The minimum atomic E-state index is -0.490. The summed E-state index contributed by atoms with van der Waals surface area (Å²) in [5, 5.41) is 5.03. The first-order valence-corrected chi connectivity index (χ1v) is 10.0. The number of hydrogen-bond donors (Lipinski definition) is 1. The van der Waals surface area contributed by atoms with Crippen molar-refractivity contribution in [2.24, 2.45) is 0 Å². The van der Waals surface area contributed by atoms with E-state index < -0.39 is 6.04 Å². The number of thiophene rings is 1. The average Bonchev–Trinajstić information content (AvgIpc) is 3.38. The summed E-state index contributed by atoms with van der Waals surface area (Å²) in [4.78, 5) is 37.0. The SMILES string of the molecule is Cc1cncc(C(=O)N2Cc3cncn3[C@H](C(=O)NCCc3cccs3)C2)c1. The van der Waals surface area contributed by atoms with Gasteiger partial charge in [-0.15, -0.1) is 11.3 Å². The summed E-state index contributed by atoms with van der Waals surface area (Å²) in [6, 6.07) is 5.39. The number of rotatable bonds is 5. The van der Waals surface area contributed by atoms with Crippen molar-refractivity contribution >= 4 is 23.2 Å². The molecular formula is C20H21N5O2S. The molecule has 0 fully saturated rings. The first kappa shape index (κ1) is 18.4. The van der Waals surface area contributed by atoms with E-state index in [4.69, 9.17) is 0 Å². The second kappa shape index (κ2) is 7.93. The zero-order chi connectivity index (χ0) is 19.5. The molecule has 0 saturated carbocycles. The minimum absolute atomic E-state index is 0.101. The Morgan fingerprint density at radius 3 is 2.96 bits per heavy atom. The van der Waals surface area contributed by atoms with E-state index in [1.165, 1.54) is 4.88 Å². The van der Waals surface area contributed by atoms with Crippen LogP contribution in [0.25, 0.3) is 0 Å². The second-order valence-electron chi connectivity index (χ2n) is 6.87. The van der Waals surface area contributed by atoms with Crippen LogP contribution in [0.4, 0.5) is 0 Å². The number of pyridine rings is 1. The Bertz CT molecular complexity index is 982. The maximum absolute atomic E-state index is 12.9. The number of aromatic nitrogens is 3. The van der Waals surface area contributed by atoms with E-state index in [0.29, 0.717) is 25.2 Å². The molecule has 0 aliphatic carbocycles. The first-order chi connectivity index (χ1) is 13.6. The van der Waals surface area contributed by atoms with Gasteiger partial charge in [-0.2, -0.15) is 0 Å². The Hall–Kier alpha value is -3.00. The minimum Gasteiger partial charge on any atom is -0.354 e. The van der Waals surface area contributed by atoms with E-state index in [2.05, 4.69) is 21.4 Å². The van der Waals surface area contributed by atoms with Crippen LogP contribution in [0.5, 0.6) is 0 Å². The molecule has 1 N–H and O–H groups in total. The Kier molecular flexibility index (Phi) is 5.21. The highest BCUT2D eigenvalue weighted by atomic mass is 32.1. The Morgan fingerprint density at radius 2 is 2.18 bits per heavy atom. The van der Waals surface area contributed by atoms with E-state index in [1.54, 1.807) is 41.2 Å². The fourth-order valence-electron chi connectivity index (χ4n) is 3.39. The maximum atomic E-state index is 12.9. The molecule has 3 aromatic rings. The summed E-state index contributed by atoms with van der Waals surface area (Å²) in [6.07, 6.45) is 7.45. The molecule has 0 bridgehead atoms. The normalized spacial score (nSPS) is 15.9. The summed E-state index contributed by atoms with van der Waals surface area (Å²) in [6.45, 7) is 3.20. The molecule has 1 aliphatic rings. The standard InChI is InChI=1S/C20H21N5O2S/c1-14-7-15(9-21-8-14)20(27)24-11-16-10-22-13-25(16)18(12-24)19(26)23-5-4-17-3-2-6-28-17/h2-3,6-10,13,18H,4-5,11-12H2,1H3,(H,23,26)/t18-/m0/s1. The van der Waals surface area contributed by atoms with E-state index >= 15 is 0 Å². The molecule has 8 heteroatoms. The number of carbonyl (C=O) groups is 2. The lowest BCUT2D eigenvalue weighted by Gasteiger charge is -2.33. The molecule has 2 amide bonds. The fourth-order valence-corrected chi connectivity index (χ4v) is 4.10. The van der Waals surface area contributed by atoms with Gasteiger partial charge in [-0.05, 0) is 36.4 Å². The fraction of sp³-hybridized carbons (Fsp3) is 0.300. The van der Waals surface area contributed by atoms with Gasteiger partial charge < -0.3 is 14.8 Å². The number of fused-ring (bicyclic) bond motifs is 1. The number of carbonyl (C=O) groups excluding carboxylic acids is 2. The van der Waals surface area contributed by atoms with Crippen molar-refractivity contribution in [2.45, 2.75) is 25.9 Å². The maximum Gasteiger partial charge on any atom is 0.255 e. The van der Waals surface area contributed by atoms with Gasteiger partial charge in [0.1, 0.15) is 6.04 Å². The summed E-state index contributed by atoms with van der Waals surface area (Å²) in [5.41, 5.74) is 2.30. The van der Waals surface area contributed by atoms with Crippen molar-refractivity contribution in [1.29, 1.82) is 0 Å². The number of nitrogens with one attached hydrogen (secondary N) is 1. The zero-order valence-electron chi connectivity index (χ0n) is 15.5. The first-order valence-electron chi connectivity index (χ1n) is 9.13. The van der Waals surface area contributed by atoms with Gasteiger partial charge in [0.15, 0.2) is 0 Å². The van der Waals surface area contributed by atoms with Crippen LogP contribution in [0.2, 0.25) is 0 Å². The molecule has 3 aromatic heterocycles. The lowest BCUT2D eigenvalue weighted by Crippen LogP contribution is -2.46. The topological polar surface area (TPSA) is 80.1 Å².